The fourth-order valence-corrected chi connectivity index (χ4v) is 10.2. The molecule has 0 saturated carbocycles. The molecule has 0 nitrogen and oxygen atoms in total. The van der Waals surface area contributed by atoms with Gasteiger partial charge in [0.15, 0.2) is 0 Å². The van der Waals surface area contributed by atoms with Crippen molar-refractivity contribution in [3.05, 3.63) is 132 Å². The van der Waals surface area contributed by atoms with Crippen molar-refractivity contribution in [1.82, 2.24) is 0 Å². The van der Waals surface area contributed by atoms with Crippen molar-refractivity contribution in [2.45, 2.75) is 19.8 Å². The SMILES string of the molecule is CCCC[P+]1(c2ccccc2)C(c2ccccc2)=C(c2ccccc2)c2ccccc21. The lowest BCUT2D eigenvalue weighted by Gasteiger charge is -2.27. The summed E-state index contributed by atoms with van der Waals surface area (Å²) in [5.41, 5.74) is 5.53. The van der Waals surface area contributed by atoms with Crippen molar-refractivity contribution >= 4 is 28.8 Å². The van der Waals surface area contributed by atoms with E-state index in [4.69, 9.17) is 0 Å². The lowest BCUT2D eigenvalue weighted by atomic mass is 9.96. The van der Waals surface area contributed by atoms with Crippen molar-refractivity contribution in [1.29, 1.82) is 0 Å². The van der Waals surface area contributed by atoms with Crippen LogP contribution in [-0.2, 0) is 0 Å². The molecule has 0 amide bonds. The Kier molecular flexibility index (Phi) is 5.58. The summed E-state index contributed by atoms with van der Waals surface area (Å²) in [5.74, 6) is 0. The lowest BCUT2D eigenvalue weighted by molar-refractivity contribution is 0.892. The van der Waals surface area contributed by atoms with Crippen molar-refractivity contribution < 1.29 is 0 Å². The summed E-state index contributed by atoms with van der Waals surface area (Å²) in [4.78, 5) is 0. The van der Waals surface area contributed by atoms with Crippen LogP contribution in [0.2, 0.25) is 0 Å². The molecule has 0 spiro atoms. The second-order valence-electron chi connectivity index (χ2n) is 8.20. The zero-order valence-electron chi connectivity index (χ0n) is 18.0. The standard InChI is InChI=1S/C30H28P/c1-2-3-23-31(26-19-11-6-12-20-26)28-22-14-13-21-27(28)29(24-15-7-4-8-16-24)30(31)25-17-9-5-10-18-25/h4-22H,2-3,23H2,1H3/q+1. The first-order chi connectivity index (χ1) is 15.4. The van der Waals surface area contributed by atoms with Crippen LogP contribution in [-0.4, -0.2) is 6.16 Å². The summed E-state index contributed by atoms with van der Waals surface area (Å²) in [5, 5.41) is 4.60. The molecule has 0 aromatic heterocycles. The van der Waals surface area contributed by atoms with Crippen LogP contribution in [0.15, 0.2) is 115 Å². The molecule has 4 aromatic rings. The number of unbranched alkanes of at least 4 members (excludes halogenated alkanes) is 1. The third-order valence-corrected chi connectivity index (χ3v) is 11.0. The van der Waals surface area contributed by atoms with E-state index in [1.807, 2.05) is 0 Å². The minimum atomic E-state index is -1.78. The highest BCUT2D eigenvalue weighted by Crippen LogP contribution is 2.74. The first kappa shape index (κ1) is 20.0. The minimum Gasteiger partial charge on any atom is -0.0652 e. The third kappa shape index (κ3) is 3.36. The van der Waals surface area contributed by atoms with Gasteiger partial charge in [-0.3, -0.25) is 0 Å². The maximum Gasteiger partial charge on any atom is 0.120 e. The molecule has 0 N–H and O–H groups in total. The van der Waals surface area contributed by atoms with Gasteiger partial charge in [0.2, 0.25) is 0 Å². The largest absolute Gasteiger partial charge is 0.120 e. The quantitative estimate of drug-likeness (QED) is 0.286. The van der Waals surface area contributed by atoms with E-state index in [-0.39, 0.29) is 0 Å². The van der Waals surface area contributed by atoms with Gasteiger partial charge in [-0.2, -0.15) is 0 Å². The van der Waals surface area contributed by atoms with E-state index in [9.17, 15) is 0 Å². The molecule has 152 valence electrons. The summed E-state index contributed by atoms with van der Waals surface area (Å²) in [6.07, 6.45) is 3.65. The smallest absolute Gasteiger partial charge is 0.0652 e. The van der Waals surface area contributed by atoms with Crippen LogP contribution in [0.4, 0.5) is 0 Å². The first-order valence-corrected chi connectivity index (χ1v) is 13.2. The Labute approximate surface area is 186 Å². The summed E-state index contributed by atoms with van der Waals surface area (Å²) in [7, 11) is -1.78. The van der Waals surface area contributed by atoms with E-state index in [0.29, 0.717) is 0 Å². The number of rotatable bonds is 6. The zero-order chi connectivity index (χ0) is 21.1. The molecule has 0 fully saturated rings. The second-order valence-corrected chi connectivity index (χ2v) is 11.7. The predicted molar refractivity (Wildman–Crippen MR) is 138 cm³/mol. The molecule has 0 saturated heterocycles. The highest BCUT2D eigenvalue weighted by molar-refractivity contribution is 7.98. The molecular weight excluding hydrogens is 391 g/mol. The van der Waals surface area contributed by atoms with Gasteiger partial charge in [-0.1, -0.05) is 110 Å². The van der Waals surface area contributed by atoms with Crippen LogP contribution in [0.3, 0.4) is 0 Å². The molecular formula is C30H28P+. The van der Waals surface area contributed by atoms with Gasteiger partial charge in [-0.25, -0.2) is 0 Å². The minimum absolute atomic E-state index is 1.21. The molecule has 1 aliphatic heterocycles. The molecule has 5 rings (SSSR count). The third-order valence-electron chi connectivity index (χ3n) is 6.36. The Morgan fingerprint density at radius 3 is 1.77 bits per heavy atom. The van der Waals surface area contributed by atoms with Crippen molar-refractivity contribution in [2.24, 2.45) is 0 Å². The number of fused-ring (bicyclic) bond motifs is 1. The molecule has 0 radical (unpaired) electrons. The maximum absolute atomic E-state index is 2.41. The van der Waals surface area contributed by atoms with Crippen LogP contribution in [0.1, 0.15) is 36.5 Å². The highest BCUT2D eigenvalue weighted by atomic mass is 31.2. The van der Waals surface area contributed by atoms with Crippen LogP contribution >= 0.6 is 7.26 Å². The predicted octanol–water partition coefficient (Wildman–Crippen LogP) is 7.39. The van der Waals surface area contributed by atoms with Gasteiger partial charge in [0.1, 0.15) is 23.2 Å². The molecule has 1 unspecified atom stereocenters. The molecule has 1 atom stereocenters. The Morgan fingerprint density at radius 2 is 1.13 bits per heavy atom. The average molecular weight is 420 g/mol. The van der Waals surface area contributed by atoms with Gasteiger partial charge in [0.05, 0.1) is 6.16 Å². The van der Waals surface area contributed by atoms with Crippen molar-refractivity contribution in [3.8, 4) is 0 Å². The van der Waals surface area contributed by atoms with Crippen molar-refractivity contribution in [2.75, 3.05) is 6.16 Å². The number of hydrogen-bond donors (Lipinski definition) is 0. The maximum atomic E-state index is 2.41. The summed E-state index contributed by atoms with van der Waals surface area (Å²) in [6.45, 7) is 2.31. The lowest BCUT2D eigenvalue weighted by Crippen LogP contribution is -2.24. The van der Waals surface area contributed by atoms with Gasteiger partial charge < -0.3 is 0 Å². The molecule has 31 heavy (non-hydrogen) atoms. The van der Waals surface area contributed by atoms with Gasteiger partial charge in [0, 0.05) is 16.7 Å². The van der Waals surface area contributed by atoms with Gasteiger partial charge in [-0.15, -0.1) is 0 Å². The van der Waals surface area contributed by atoms with E-state index in [1.54, 1.807) is 10.6 Å². The van der Waals surface area contributed by atoms with Crippen LogP contribution in [0.5, 0.6) is 0 Å². The second kappa shape index (κ2) is 8.66. The van der Waals surface area contributed by atoms with E-state index in [1.165, 1.54) is 46.6 Å². The molecule has 4 aromatic carbocycles. The summed E-state index contributed by atoms with van der Waals surface area (Å²) >= 11 is 0. The molecule has 1 aliphatic rings. The average Bonchev–Trinajstić information content (AvgIpc) is 3.15. The van der Waals surface area contributed by atoms with Gasteiger partial charge >= 0.3 is 0 Å². The van der Waals surface area contributed by atoms with Gasteiger partial charge in [-0.05, 0) is 30.2 Å². The Morgan fingerprint density at radius 1 is 0.581 bits per heavy atom. The number of hydrogen-bond acceptors (Lipinski definition) is 0. The Hall–Kier alpha value is -2.95. The fourth-order valence-electron chi connectivity index (χ4n) is 5.02. The molecule has 1 heterocycles. The van der Waals surface area contributed by atoms with E-state index in [0.717, 1.165) is 0 Å². The topological polar surface area (TPSA) is 0 Å². The zero-order valence-corrected chi connectivity index (χ0v) is 18.9. The summed E-state index contributed by atoms with van der Waals surface area (Å²) < 4.78 is 0. The van der Waals surface area contributed by atoms with Crippen LogP contribution in [0.25, 0.3) is 10.9 Å². The Balaban J connectivity index is 1.93. The van der Waals surface area contributed by atoms with Gasteiger partial charge in [0.25, 0.3) is 0 Å². The molecule has 0 aliphatic carbocycles. The first-order valence-electron chi connectivity index (χ1n) is 11.3. The molecule has 1 heteroatoms. The van der Waals surface area contributed by atoms with E-state index in [2.05, 4.69) is 122 Å². The van der Waals surface area contributed by atoms with Crippen LogP contribution in [0, 0.1) is 0 Å². The normalized spacial score (nSPS) is 17.6. The highest BCUT2D eigenvalue weighted by Gasteiger charge is 2.54. The molecule has 0 bridgehead atoms. The monoisotopic (exact) mass is 419 g/mol. The van der Waals surface area contributed by atoms with E-state index >= 15 is 0 Å². The van der Waals surface area contributed by atoms with Crippen LogP contribution < -0.4 is 10.6 Å². The summed E-state index contributed by atoms with van der Waals surface area (Å²) in [6, 6.07) is 42.6. The van der Waals surface area contributed by atoms with Crippen molar-refractivity contribution in [3.63, 3.8) is 0 Å². The van der Waals surface area contributed by atoms with E-state index < -0.39 is 7.26 Å². The number of benzene rings is 4. The Bertz CT molecular complexity index is 1190. The fraction of sp³-hybridized carbons (Fsp3) is 0.133.